The Morgan fingerprint density at radius 1 is 1.53 bits per heavy atom. The maximum atomic E-state index is 4.69. The average molecular weight is 246 g/mol. The third-order valence-electron chi connectivity index (χ3n) is 2.39. The standard InChI is InChI=1S/C11H22N2S2/c1-5-14-6-9(4)12-11-13-10(7-15-11)8(2)3/h8-10H,5-7H2,1-4H3,(H,12,13). The molecular formula is C11H22N2S2. The van der Waals surface area contributed by atoms with Gasteiger partial charge in [0.15, 0.2) is 5.17 Å². The normalized spacial score (nSPS) is 23.0. The summed E-state index contributed by atoms with van der Waals surface area (Å²) < 4.78 is 0. The number of hydrogen-bond donors (Lipinski definition) is 1. The zero-order chi connectivity index (χ0) is 11.3. The first-order valence-electron chi connectivity index (χ1n) is 5.68. The van der Waals surface area contributed by atoms with Crippen molar-refractivity contribution < 1.29 is 0 Å². The van der Waals surface area contributed by atoms with Crippen molar-refractivity contribution in [2.75, 3.05) is 17.3 Å². The molecule has 0 fully saturated rings. The molecule has 0 saturated heterocycles. The molecule has 15 heavy (non-hydrogen) atoms. The van der Waals surface area contributed by atoms with Gasteiger partial charge in [-0.15, -0.1) is 0 Å². The van der Waals surface area contributed by atoms with Crippen LogP contribution in [-0.4, -0.2) is 34.5 Å². The lowest BCUT2D eigenvalue weighted by Crippen LogP contribution is -2.31. The minimum Gasteiger partial charge on any atom is -0.362 e. The first kappa shape index (κ1) is 13.2. The summed E-state index contributed by atoms with van der Waals surface area (Å²) in [6.07, 6.45) is 0. The molecule has 0 amide bonds. The Morgan fingerprint density at radius 3 is 2.80 bits per heavy atom. The smallest absolute Gasteiger partial charge is 0.157 e. The average Bonchev–Trinajstić information content (AvgIpc) is 2.63. The Hall–Kier alpha value is 0.170. The lowest BCUT2D eigenvalue weighted by Gasteiger charge is -2.13. The van der Waals surface area contributed by atoms with Gasteiger partial charge in [0.25, 0.3) is 0 Å². The molecule has 1 rings (SSSR count). The Bertz CT molecular complexity index is 217. The third-order valence-corrected chi connectivity index (χ3v) is 4.53. The number of nitrogens with one attached hydrogen (secondary N) is 1. The Balaban J connectivity index is 2.30. The fourth-order valence-electron chi connectivity index (χ4n) is 1.36. The van der Waals surface area contributed by atoms with Crippen LogP contribution < -0.4 is 5.32 Å². The summed E-state index contributed by atoms with van der Waals surface area (Å²) in [7, 11) is 0. The van der Waals surface area contributed by atoms with Gasteiger partial charge < -0.3 is 5.32 Å². The van der Waals surface area contributed by atoms with Gasteiger partial charge in [-0.3, -0.25) is 4.99 Å². The van der Waals surface area contributed by atoms with E-state index in [1.165, 1.54) is 11.5 Å². The Morgan fingerprint density at radius 2 is 2.27 bits per heavy atom. The monoisotopic (exact) mass is 246 g/mol. The van der Waals surface area contributed by atoms with E-state index in [1.54, 1.807) is 0 Å². The SMILES string of the molecule is CCSCC(C)NC1=NC(C(C)C)CS1. The number of amidine groups is 1. The van der Waals surface area contributed by atoms with Gasteiger partial charge in [0.1, 0.15) is 0 Å². The van der Waals surface area contributed by atoms with Crippen molar-refractivity contribution in [1.29, 1.82) is 0 Å². The van der Waals surface area contributed by atoms with Gasteiger partial charge in [0, 0.05) is 17.5 Å². The van der Waals surface area contributed by atoms with Crippen LogP contribution in [0, 0.1) is 5.92 Å². The van der Waals surface area contributed by atoms with E-state index < -0.39 is 0 Å². The second-order valence-corrected chi connectivity index (χ2v) is 6.59. The van der Waals surface area contributed by atoms with Crippen molar-refractivity contribution in [2.24, 2.45) is 10.9 Å². The topological polar surface area (TPSA) is 24.4 Å². The van der Waals surface area contributed by atoms with Crippen molar-refractivity contribution in [3.63, 3.8) is 0 Å². The predicted octanol–water partition coefficient (Wildman–Crippen LogP) is 2.85. The molecule has 2 nitrogen and oxygen atoms in total. The van der Waals surface area contributed by atoms with E-state index >= 15 is 0 Å². The summed E-state index contributed by atoms with van der Waals surface area (Å²) in [6.45, 7) is 8.92. The van der Waals surface area contributed by atoms with E-state index in [0.717, 1.165) is 10.9 Å². The van der Waals surface area contributed by atoms with Crippen molar-refractivity contribution in [3.8, 4) is 0 Å². The molecule has 1 N–H and O–H groups in total. The molecule has 0 spiro atoms. The molecule has 1 aliphatic rings. The summed E-state index contributed by atoms with van der Waals surface area (Å²) in [5, 5.41) is 4.64. The molecule has 0 aromatic rings. The van der Waals surface area contributed by atoms with E-state index in [2.05, 4.69) is 33.0 Å². The number of rotatable bonds is 5. The molecule has 0 bridgehead atoms. The molecule has 4 heteroatoms. The van der Waals surface area contributed by atoms with Crippen LogP contribution in [0.1, 0.15) is 27.7 Å². The first-order valence-corrected chi connectivity index (χ1v) is 7.82. The number of hydrogen-bond acceptors (Lipinski definition) is 4. The maximum Gasteiger partial charge on any atom is 0.157 e. The number of thioether (sulfide) groups is 2. The van der Waals surface area contributed by atoms with E-state index in [0.29, 0.717) is 18.0 Å². The largest absolute Gasteiger partial charge is 0.362 e. The van der Waals surface area contributed by atoms with Gasteiger partial charge in [-0.2, -0.15) is 11.8 Å². The highest BCUT2D eigenvalue weighted by Crippen LogP contribution is 2.22. The van der Waals surface area contributed by atoms with E-state index in [9.17, 15) is 0 Å². The van der Waals surface area contributed by atoms with Gasteiger partial charge >= 0.3 is 0 Å². The molecular weight excluding hydrogens is 224 g/mol. The van der Waals surface area contributed by atoms with Crippen LogP contribution in [0.15, 0.2) is 4.99 Å². The Labute approximate surface area is 102 Å². The predicted molar refractivity (Wildman–Crippen MR) is 74.1 cm³/mol. The summed E-state index contributed by atoms with van der Waals surface area (Å²) in [6, 6.07) is 1.05. The molecule has 0 aliphatic carbocycles. The molecule has 2 atom stereocenters. The minimum absolute atomic E-state index is 0.517. The summed E-state index contributed by atoms with van der Waals surface area (Å²) in [4.78, 5) is 4.69. The minimum atomic E-state index is 0.517. The van der Waals surface area contributed by atoms with Crippen LogP contribution in [0.4, 0.5) is 0 Å². The highest BCUT2D eigenvalue weighted by atomic mass is 32.2. The fourth-order valence-corrected chi connectivity index (χ4v) is 3.31. The van der Waals surface area contributed by atoms with Gasteiger partial charge in [-0.05, 0) is 18.6 Å². The van der Waals surface area contributed by atoms with Crippen LogP contribution in [0.3, 0.4) is 0 Å². The maximum absolute atomic E-state index is 4.69. The van der Waals surface area contributed by atoms with Gasteiger partial charge in [-0.1, -0.05) is 32.5 Å². The third kappa shape index (κ3) is 4.68. The van der Waals surface area contributed by atoms with E-state index in [-0.39, 0.29) is 0 Å². The van der Waals surface area contributed by atoms with Gasteiger partial charge in [-0.25, -0.2) is 0 Å². The lowest BCUT2D eigenvalue weighted by molar-refractivity contribution is 0.541. The molecule has 0 radical (unpaired) electrons. The summed E-state index contributed by atoms with van der Waals surface area (Å²) >= 11 is 3.85. The molecule has 2 unspecified atom stereocenters. The highest BCUT2D eigenvalue weighted by Gasteiger charge is 2.21. The van der Waals surface area contributed by atoms with E-state index in [1.807, 2.05) is 23.5 Å². The molecule has 88 valence electrons. The van der Waals surface area contributed by atoms with Gasteiger partial charge in [0.05, 0.1) is 6.04 Å². The second kappa shape index (κ2) is 6.69. The number of aliphatic imine (C=N–C) groups is 1. The molecule has 0 aromatic carbocycles. The number of nitrogens with zero attached hydrogens (tertiary/aromatic N) is 1. The van der Waals surface area contributed by atoms with Crippen LogP contribution in [0.5, 0.6) is 0 Å². The van der Waals surface area contributed by atoms with Crippen molar-refractivity contribution in [1.82, 2.24) is 5.32 Å². The zero-order valence-corrected chi connectivity index (χ0v) is 11.8. The van der Waals surface area contributed by atoms with Crippen molar-refractivity contribution in [2.45, 2.75) is 39.8 Å². The first-order chi connectivity index (χ1) is 7.13. The molecule has 0 saturated carbocycles. The van der Waals surface area contributed by atoms with Crippen molar-refractivity contribution in [3.05, 3.63) is 0 Å². The fraction of sp³-hybridized carbons (Fsp3) is 0.909. The quantitative estimate of drug-likeness (QED) is 0.807. The Kier molecular flexibility index (Phi) is 5.90. The van der Waals surface area contributed by atoms with Crippen molar-refractivity contribution >= 4 is 28.7 Å². The lowest BCUT2D eigenvalue weighted by atomic mass is 10.1. The molecule has 1 heterocycles. The van der Waals surface area contributed by atoms with E-state index in [4.69, 9.17) is 4.99 Å². The van der Waals surface area contributed by atoms with Crippen LogP contribution in [0.25, 0.3) is 0 Å². The molecule has 1 aliphatic heterocycles. The summed E-state index contributed by atoms with van der Waals surface area (Å²) in [5.74, 6) is 4.17. The van der Waals surface area contributed by atoms with Crippen LogP contribution in [-0.2, 0) is 0 Å². The second-order valence-electron chi connectivity index (χ2n) is 4.26. The zero-order valence-electron chi connectivity index (χ0n) is 10.1. The van der Waals surface area contributed by atoms with Crippen LogP contribution in [0.2, 0.25) is 0 Å². The highest BCUT2D eigenvalue weighted by molar-refractivity contribution is 8.14. The van der Waals surface area contributed by atoms with Crippen LogP contribution >= 0.6 is 23.5 Å². The summed E-state index contributed by atoms with van der Waals surface area (Å²) in [5.41, 5.74) is 0. The van der Waals surface area contributed by atoms with Gasteiger partial charge in [0.2, 0.25) is 0 Å². The molecule has 0 aromatic heterocycles.